The first-order valence-corrected chi connectivity index (χ1v) is 8.27. The standard InChI is InChI=1S/C13H18BrNO2S/c1-10-5-6-11(14)9-12(10)18(16,17)15-8-4-7-13(15,2)3/h5-6,9H,4,7-8H2,1-3H3. The summed E-state index contributed by atoms with van der Waals surface area (Å²) in [6, 6.07) is 5.39. The molecule has 0 radical (unpaired) electrons. The fourth-order valence-corrected chi connectivity index (χ4v) is 5.11. The van der Waals surface area contributed by atoms with Gasteiger partial charge in [-0.05, 0) is 51.3 Å². The normalized spacial score (nSPS) is 20.2. The number of hydrogen-bond acceptors (Lipinski definition) is 2. The Balaban J connectivity index is 2.52. The molecule has 0 aromatic heterocycles. The zero-order chi connectivity index (χ0) is 13.6. The molecule has 1 heterocycles. The van der Waals surface area contributed by atoms with Gasteiger partial charge < -0.3 is 0 Å². The van der Waals surface area contributed by atoms with Crippen LogP contribution in [0.5, 0.6) is 0 Å². The zero-order valence-corrected chi connectivity index (χ0v) is 13.3. The van der Waals surface area contributed by atoms with Gasteiger partial charge in [-0.15, -0.1) is 0 Å². The Morgan fingerprint density at radius 1 is 1.33 bits per heavy atom. The molecule has 0 amide bonds. The van der Waals surface area contributed by atoms with Crippen LogP contribution in [-0.2, 0) is 10.0 Å². The highest BCUT2D eigenvalue weighted by Crippen LogP contribution is 2.35. The van der Waals surface area contributed by atoms with Crippen molar-refractivity contribution in [2.45, 2.75) is 44.0 Å². The first-order chi connectivity index (χ1) is 8.25. The van der Waals surface area contributed by atoms with E-state index in [2.05, 4.69) is 15.9 Å². The molecule has 0 spiro atoms. The molecule has 0 saturated carbocycles. The van der Waals surface area contributed by atoms with Crippen molar-refractivity contribution in [1.29, 1.82) is 0 Å². The average molecular weight is 332 g/mol. The summed E-state index contributed by atoms with van der Waals surface area (Å²) in [7, 11) is -3.40. The third-order valence-corrected chi connectivity index (χ3v) is 6.29. The minimum atomic E-state index is -3.40. The summed E-state index contributed by atoms with van der Waals surface area (Å²) >= 11 is 3.34. The molecule has 1 saturated heterocycles. The number of benzene rings is 1. The molecule has 3 nitrogen and oxygen atoms in total. The van der Waals surface area contributed by atoms with Gasteiger partial charge in [-0.1, -0.05) is 22.0 Å². The van der Waals surface area contributed by atoms with Crippen molar-refractivity contribution in [1.82, 2.24) is 4.31 Å². The zero-order valence-electron chi connectivity index (χ0n) is 10.9. The lowest BCUT2D eigenvalue weighted by Crippen LogP contribution is -2.42. The molecule has 1 aromatic carbocycles. The highest BCUT2D eigenvalue weighted by atomic mass is 79.9. The van der Waals surface area contributed by atoms with Crippen LogP contribution in [0.15, 0.2) is 27.6 Å². The van der Waals surface area contributed by atoms with Gasteiger partial charge in [-0.2, -0.15) is 4.31 Å². The van der Waals surface area contributed by atoms with Crippen LogP contribution >= 0.6 is 15.9 Å². The highest BCUT2D eigenvalue weighted by molar-refractivity contribution is 9.10. The minimum absolute atomic E-state index is 0.284. The summed E-state index contributed by atoms with van der Waals surface area (Å²) in [4.78, 5) is 0.409. The van der Waals surface area contributed by atoms with Crippen LogP contribution in [0.2, 0.25) is 0 Å². The summed E-state index contributed by atoms with van der Waals surface area (Å²) in [5, 5.41) is 0. The first kappa shape index (κ1) is 14.0. The summed E-state index contributed by atoms with van der Waals surface area (Å²) in [6.07, 6.45) is 1.85. The molecule has 1 aromatic rings. The van der Waals surface area contributed by atoms with Gasteiger partial charge in [0, 0.05) is 16.6 Å². The lowest BCUT2D eigenvalue weighted by Gasteiger charge is -2.31. The van der Waals surface area contributed by atoms with Crippen molar-refractivity contribution in [3.63, 3.8) is 0 Å². The van der Waals surface area contributed by atoms with Crippen molar-refractivity contribution >= 4 is 26.0 Å². The lowest BCUT2D eigenvalue weighted by molar-refractivity contribution is 0.291. The minimum Gasteiger partial charge on any atom is -0.207 e. The van der Waals surface area contributed by atoms with E-state index in [0.29, 0.717) is 11.4 Å². The number of halogens is 1. The Kier molecular flexibility index (Phi) is 3.60. The number of sulfonamides is 1. The Bertz CT molecular complexity index is 566. The first-order valence-electron chi connectivity index (χ1n) is 6.04. The van der Waals surface area contributed by atoms with Gasteiger partial charge in [0.1, 0.15) is 0 Å². The molecule has 2 rings (SSSR count). The Labute approximate surface area is 117 Å². The monoisotopic (exact) mass is 331 g/mol. The van der Waals surface area contributed by atoms with Crippen LogP contribution in [0.25, 0.3) is 0 Å². The fourth-order valence-electron chi connectivity index (χ4n) is 2.50. The molecule has 1 aliphatic heterocycles. The smallest absolute Gasteiger partial charge is 0.207 e. The molecule has 1 fully saturated rings. The van der Waals surface area contributed by atoms with E-state index in [0.717, 1.165) is 22.9 Å². The van der Waals surface area contributed by atoms with Crippen LogP contribution in [0.3, 0.4) is 0 Å². The second kappa shape index (κ2) is 4.62. The number of aryl methyl sites for hydroxylation is 1. The van der Waals surface area contributed by atoms with Crippen LogP contribution in [0.4, 0.5) is 0 Å². The second-order valence-electron chi connectivity index (χ2n) is 5.40. The van der Waals surface area contributed by atoms with Crippen LogP contribution in [0.1, 0.15) is 32.3 Å². The predicted octanol–water partition coefficient (Wildman–Crippen LogP) is 3.32. The molecule has 0 atom stereocenters. The van der Waals surface area contributed by atoms with Crippen molar-refractivity contribution < 1.29 is 8.42 Å². The van der Waals surface area contributed by atoms with E-state index in [4.69, 9.17) is 0 Å². The van der Waals surface area contributed by atoms with Crippen molar-refractivity contribution in [3.05, 3.63) is 28.2 Å². The number of nitrogens with zero attached hydrogens (tertiary/aromatic N) is 1. The molecule has 5 heteroatoms. The third-order valence-electron chi connectivity index (χ3n) is 3.54. The molecule has 0 N–H and O–H groups in total. The summed E-state index contributed by atoms with van der Waals surface area (Å²) in [5.41, 5.74) is 0.508. The van der Waals surface area contributed by atoms with Gasteiger partial charge >= 0.3 is 0 Å². The van der Waals surface area contributed by atoms with Gasteiger partial charge in [0.15, 0.2) is 0 Å². The van der Waals surface area contributed by atoms with Gasteiger partial charge in [-0.25, -0.2) is 8.42 Å². The maximum atomic E-state index is 12.7. The molecule has 0 aliphatic carbocycles. The SMILES string of the molecule is Cc1ccc(Br)cc1S(=O)(=O)N1CCCC1(C)C. The van der Waals surface area contributed by atoms with E-state index in [9.17, 15) is 8.42 Å². The second-order valence-corrected chi connectivity index (χ2v) is 8.15. The van der Waals surface area contributed by atoms with E-state index in [1.54, 1.807) is 10.4 Å². The van der Waals surface area contributed by atoms with Gasteiger partial charge in [0.2, 0.25) is 10.0 Å². The summed E-state index contributed by atoms with van der Waals surface area (Å²) in [5.74, 6) is 0. The molecule has 0 unspecified atom stereocenters. The van der Waals surface area contributed by atoms with E-state index in [1.165, 1.54) is 0 Å². The van der Waals surface area contributed by atoms with Gasteiger partial charge in [-0.3, -0.25) is 0 Å². The quantitative estimate of drug-likeness (QED) is 0.833. The Morgan fingerprint density at radius 2 is 2.00 bits per heavy atom. The van der Waals surface area contributed by atoms with E-state index in [1.807, 2.05) is 32.9 Å². The molecule has 1 aliphatic rings. The molecule has 100 valence electrons. The fraction of sp³-hybridized carbons (Fsp3) is 0.538. The van der Waals surface area contributed by atoms with E-state index >= 15 is 0 Å². The van der Waals surface area contributed by atoms with Gasteiger partial charge in [0.05, 0.1) is 4.90 Å². The van der Waals surface area contributed by atoms with Crippen molar-refractivity contribution in [2.24, 2.45) is 0 Å². The van der Waals surface area contributed by atoms with E-state index < -0.39 is 10.0 Å². The summed E-state index contributed by atoms with van der Waals surface area (Å²) < 4.78 is 27.9. The predicted molar refractivity (Wildman–Crippen MR) is 76.1 cm³/mol. The van der Waals surface area contributed by atoms with Gasteiger partial charge in [0.25, 0.3) is 0 Å². The molecule has 18 heavy (non-hydrogen) atoms. The van der Waals surface area contributed by atoms with E-state index in [-0.39, 0.29) is 5.54 Å². The van der Waals surface area contributed by atoms with Crippen LogP contribution in [0, 0.1) is 6.92 Å². The van der Waals surface area contributed by atoms with Crippen molar-refractivity contribution in [3.8, 4) is 0 Å². The highest BCUT2D eigenvalue weighted by Gasteiger charge is 2.41. The average Bonchev–Trinajstić information content (AvgIpc) is 2.62. The maximum absolute atomic E-state index is 12.7. The topological polar surface area (TPSA) is 37.4 Å². The van der Waals surface area contributed by atoms with Crippen molar-refractivity contribution in [2.75, 3.05) is 6.54 Å². The number of hydrogen-bond donors (Lipinski definition) is 0. The Morgan fingerprint density at radius 3 is 2.56 bits per heavy atom. The molecular weight excluding hydrogens is 314 g/mol. The summed E-state index contributed by atoms with van der Waals surface area (Å²) in [6.45, 7) is 6.43. The number of rotatable bonds is 2. The Hall–Kier alpha value is -0.390. The molecule has 0 bridgehead atoms. The lowest BCUT2D eigenvalue weighted by atomic mass is 10.0. The van der Waals surface area contributed by atoms with Crippen LogP contribution < -0.4 is 0 Å². The van der Waals surface area contributed by atoms with Crippen LogP contribution in [-0.4, -0.2) is 24.8 Å². The third kappa shape index (κ3) is 2.36. The molecular formula is C13H18BrNO2S. The maximum Gasteiger partial charge on any atom is 0.243 e. The largest absolute Gasteiger partial charge is 0.243 e.